The normalized spacial score (nSPS) is 12.3. The summed E-state index contributed by atoms with van der Waals surface area (Å²) in [5.74, 6) is 0. The van der Waals surface area contributed by atoms with E-state index in [1.54, 1.807) is 0 Å². The standard InChI is InChI=1S/C12H9NS.CH4O4S/c1-3-7-11-9(5-1)13-10-6-2-4-8-12(10)14-11;1-5-6(2,3)4/h1-8,13H;1H3,(H,2,3,4). The predicted octanol–water partition coefficient (Wildman–Crippen LogP) is 3.33. The molecule has 0 saturated heterocycles. The van der Waals surface area contributed by atoms with Crippen molar-refractivity contribution < 1.29 is 17.2 Å². The third-order valence-corrected chi connectivity index (χ3v) is 4.05. The van der Waals surface area contributed by atoms with Crippen LogP contribution in [-0.2, 0) is 14.6 Å². The third-order valence-electron chi connectivity index (χ3n) is 2.47. The Morgan fingerprint density at radius 1 is 1.00 bits per heavy atom. The van der Waals surface area contributed by atoms with Crippen molar-refractivity contribution >= 4 is 33.5 Å². The Morgan fingerprint density at radius 2 is 1.40 bits per heavy atom. The largest absolute Gasteiger partial charge is 0.397 e. The molecule has 3 rings (SSSR count). The molecule has 7 heteroatoms. The molecular formula is C13H13NO4S2. The van der Waals surface area contributed by atoms with Crippen LogP contribution in [0.1, 0.15) is 0 Å². The molecule has 0 aromatic heterocycles. The van der Waals surface area contributed by atoms with Gasteiger partial charge >= 0.3 is 10.4 Å². The van der Waals surface area contributed by atoms with E-state index in [-0.39, 0.29) is 0 Å². The molecule has 0 amide bonds. The molecule has 0 bridgehead atoms. The smallest absolute Gasteiger partial charge is 0.354 e. The van der Waals surface area contributed by atoms with E-state index in [0.29, 0.717) is 0 Å². The summed E-state index contributed by atoms with van der Waals surface area (Å²) in [6, 6.07) is 16.8. The molecule has 0 unspecified atom stereocenters. The lowest BCUT2D eigenvalue weighted by atomic mass is 10.2. The Bertz CT molecular complexity index is 614. The number of fused-ring (bicyclic) bond motifs is 2. The summed E-state index contributed by atoms with van der Waals surface area (Å²) >= 11 is 1.82. The van der Waals surface area contributed by atoms with Gasteiger partial charge in [-0.2, -0.15) is 8.42 Å². The fourth-order valence-electron chi connectivity index (χ4n) is 1.58. The van der Waals surface area contributed by atoms with E-state index in [9.17, 15) is 8.42 Å². The fraction of sp³-hybridized carbons (Fsp3) is 0.0769. The monoisotopic (exact) mass is 311 g/mol. The van der Waals surface area contributed by atoms with Crippen molar-refractivity contribution in [3.8, 4) is 0 Å². The molecule has 0 fully saturated rings. The number of hydrogen-bond donors (Lipinski definition) is 2. The molecule has 2 aromatic carbocycles. The highest BCUT2D eigenvalue weighted by atomic mass is 32.3. The third kappa shape index (κ3) is 3.97. The highest BCUT2D eigenvalue weighted by Gasteiger charge is 2.13. The molecule has 1 aliphatic heterocycles. The van der Waals surface area contributed by atoms with Gasteiger partial charge in [-0.3, -0.25) is 8.74 Å². The second-order valence-electron chi connectivity index (χ2n) is 3.81. The van der Waals surface area contributed by atoms with Crippen molar-refractivity contribution in [3.63, 3.8) is 0 Å². The lowest BCUT2D eigenvalue weighted by Gasteiger charge is -2.19. The Kier molecular flexibility index (Phi) is 4.66. The number of nitrogens with one attached hydrogen (secondary N) is 1. The van der Waals surface area contributed by atoms with Crippen LogP contribution in [0.2, 0.25) is 0 Å². The van der Waals surface area contributed by atoms with E-state index < -0.39 is 10.4 Å². The van der Waals surface area contributed by atoms with Crippen LogP contribution in [0.15, 0.2) is 58.3 Å². The van der Waals surface area contributed by atoms with Gasteiger partial charge in [0.05, 0.1) is 18.5 Å². The number of benzene rings is 2. The molecule has 0 saturated carbocycles. The number of rotatable bonds is 1. The number of anilines is 2. The Balaban J connectivity index is 0.000000212. The Hall–Kier alpha value is -1.54. The van der Waals surface area contributed by atoms with Crippen LogP contribution in [0, 0.1) is 0 Å². The van der Waals surface area contributed by atoms with Gasteiger partial charge in [0.2, 0.25) is 0 Å². The Labute approximate surface area is 121 Å². The molecule has 0 radical (unpaired) electrons. The first-order chi connectivity index (χ1) is 9.49. The first kappa shape index (κ1) is 14.9. The maximum absolute atomic E-state index is 9.33. The van der Waals surface area contributed by atoms with E-state index in [1.807, 2.05) is 11.8 Å². The van der Waals surface area contributed by atoms with Gasteiger partial charge < -0.3 is 5.32 Å². The van der Waals surface area contributed by atoms with Gasteiger partial charge in [0.15, 0.2) is 0 Å². The molecule has 20 heavy (non-hydrogen) atoms. The lowest BCUT2D eigenvalue weighted by molar-refractivity contribution is 0.324. The van der Waals surface area contributed by atoms with Gasteiger partial charge in [-0.1, -0.05) is 36.0 Å². The lowest BCUT2D eigenvalue weighted by Crippen LogP contribution is -1.98. The van der Waals surface area contributed by atoms with E-state index in [1.165, 1.54) is 21.2 Å². The SMILES string of the molecule is COS(=O)(=O)O.c1ccc2c(c1)Nc1ccccc1S2. The predicted molar refractivity (Wildman–Crippen MR) is 78.8 cm³/mol. The maximum Gasteiger partial charge on any atom is 0.397 e. The minimum atomic E-state index is -4.16. The zero-order chi connectivity index (χ0) is 14.6. The van der Waals surface area contributed by atoms with Gasteiger partial charge in [-0.05, 0) is 24.3 Å². The second kappa shape index (κ2) is 6.27. The van der Waals surface area contributed by atoms with E-state index >= 15 is 0 Å². The highest BCUT2D eigenvalue weighted by molar-refractivity contribution is 7.99. The molecule has 1 aliphatic rings. The molecule has 1 heterocycles. The van der Waals surface area contributed by atoms with Crippen LogP contribution in [0.3, 0.4) is 0 Å². The molecule has 106 valence electrons. The van der Waals surface area contributed by atoms with Gasteiger partial charge in [-0.15, -0.1) is 0 Å². The zero-order valence-electron chi connectivity index (χ0n) is 10.6. The fourth-order valence-corrected chi connectivity index (χ4v) is 2.57. The first-order valence-electron chi connectivity index (χ1n) is 5.65. The summed E-state index contributed by atoms with van der Waals surface area (Å²) in [6.45, 7) is 0. The number of para-hydroxylation sites is 2. The summed E-state index contributed by atoms with van der Waals surface area (Å²) in [4.78, 5) is 2.59. The average molecular weight is 311 g/mol. The Morgan fingerprint density at radius 3 is 1.80 bits per heavy atom. The zero-order valence-corrected chi connectivity index (χ0v) is 12.2. The van der Waals surface area contributed by atoms with E-state index in [4.69, 9.17) is 4.55 Å². The summed E-state index contributed by atoms with van der Waals surface area (Å²) < 4.78 is 29.7. The van der Waals surface area contributed by atoms with Crippen LogP contribution in [0.4, 0.5) is 11.4 Å². The van der Waals surface area contributed by atoms with Gasteiger partial charge in [0, 0.05) is 9.79 Å². The van der Waals surface area contributed by atoms with Crippen molar-refractivity contribution in [3.05, 3.63) is 48.5 Å². The molecule has 0 atom stereocenters. The highest BCUT2D eigenvalue weighted by Crippen LogP contribution is 2.43. The van der Waals surface area contributed by atoms with Crippen molar-refractivity contribution in [1.29, 1.82) is 0 Å². The van der Waals surface area contributed by atoms with E-state index in [0.717, 1.165) is 7.11 Å². The molecule has 5 nitrogen and oxygen atoms in total. The number of hydrogen-bond acceptors (Lipinski definition) is 5. The minimum absolute atomic E-state index is 0.870. The molecular weight excluding hydrogens is 298 g/mol. The molecule has 0 spiro atoms. The van der Waals surface area contributed by atoms with Crippen molar-refractivity contribution in [2.24, 2.45) is 0 Å². The van der Waals surface area contributed by atoms with Crippen LogP contribution < -0.4 is 5.32 Å². The van der Waals surface area contributed by atoms with E-state index in [2.05, 4.69) is 58.0 Å². The van der Waals surface area contributed by atoms with Gasteiger partial charge in [0.1, 0.15) is 0 Å². The first-order valence-corrected chi connectivity index (χ1v) is 7.84. The topological polar surface area (TPSA) is 75.6 Å². The minimum Gasteiger partial charge on any atom is -0.354 e. The van der Waals surface area contributed by atoms with Crippen molar-refractivity contribution in [2.75, 3.05) is 12.4 Å². The average Bonchev–Trinajstić information content (AvgIpc) is 2.45. The summed E-state index contributed by atoms with van der Waals surface area (Å²) in [7, 11) is -3.29. The van der Waals surface area contributed by atoms with Crippen LogP contribution in [-0.4, -0.2) is 20.1 Å². The van der Waals surface area contributed by atoms with Crippen molar-refractivity contribution in [1.82, 2.24) is 0 Å². The summed E-state index contributed by atoms with van der Waals surface area (Å²) in [5.41, 5.74) is 2.41. The quantitative estimate of drug-likeness (QED) is 0.671. The van der Waals surface area contributed by atoms with Gasteiger partial charge in [0.25, 0.3) is 0 Å². The van der Waals surface area contributed by atoms with Gasteiger partial charge in [-0.25, -0.2) is 0 Å². The maximum atomic E-state index is 9.33. The summed E-state index contributed by atoms with van der Waals surface area (Å²) in [5, 5.41) is 3.42. The van der Waals surface area contributed by atoms with Crippen LogP contribution in [0.25, 0.3) is 0 Å². The summed E-state index contributed by atoms with van der Waals surface area (Å²) in [6.07, 6.45) is 0. The molecule has 2 N–H and O–H groups in total. The molecule has 2 aromatic rings. The van der Waals surface area contributed by atoms with Crippen molar-refractivity contribution in [2.45, 2.75) is 9.79 Å². The molecule has 0 aliphatic carbocycles. The van der Waals surface area contributed by atoms with Crippen LogP contribution >= 0.6 is 11.8 Å². The van der Waals surface area contributed by atoms with Crippen LogP contribution in [0.5, 0.6) is 0 Å². The second-order valence-corrected chi connectivity index (χ2v) is 6.09.